The Bertz CT molecular complexity index is 794. The second kappa shape index (κ2) is 9.11. The minimum atomic E-state index is -3.62. The summed E-state index contributed by atoms with van der Waals surface area (Å²) < 4.78 is 27.2. The highest BCUT2D eigenvalue weighted by atomic mass is 35.5. The highest BCUT2D eigenvalue weighted by Crippen LogP contribution is 2.26. The van der Waals surface area contributed by atoms with Crippen LogP contribution in [0.25, 0.3) is 0 Å². The summed E-state index contributed by atoms with van der Waals surface area (Å²) in [5.41, 5.74) is 0. The molecule has 1 saturated carbocycles. The fourth-order valence-corrected chi connectivity index (χ4v) is 6.04. The summed E-state index contributed by atoms with van der Waals surface area (Å²) in [5.74, 6) is 0.559. The van der Waals surface area contributed by atoms with Crippen LogP contribution in [-0.4, -0.2) is 61.8 Å². The number of amides is 1. The zero-order valence-corrected chi connectivity index (χ0v) is 18.2. The van der Waals surface area contributed by atoms with Gasteiger partial charge in [0.05, 0.1) is 11.1 Å². The Morgan fingerprint density at radius 3 is 2.43 bits per heavy atom. The third-order valence-electron chi connectivity index (χ3n) is 6.09. The number of benzene rings is 1. The average molecular weight is 428 g/mol. The number of carbonyl (C=O) groups is 1. The molecule has 1 amide bonds. The molecule has 2 fully saturated rings. The first-order valence-corrected chi connectivity index (χ1v) is 11.9. The van der Waals surface area contributed by atoms with Gasteiger partial charge in [0.1, 0.15) is 4.90 Å². The maximum Gasteiger partial charge on any atom is 0.244 e. The second-order valence-corrected chi connectivity index (χ2v) is 10.2. The van der Waals surface area contributed by atoms with Crippen LogP contribution in [0.5, 0.6) is 0 Å². The largest absolute Gasteiger partial charge is 0.352 e. The molecule has 1 aliphatic heterocycles. The Balaban J connectivity index is 1.57. The number of rotatable bonds is 5. The predicted molar refractivity (Wildman–Crippen MR) is 111 cm³/mol. The summed E-state index contributed by atoms with van der Waals surface area (Å²) in [6.45, 7) is 5.86. The minimum Gasteiger partial charge on any atom is -0.352 e. The van der Waals surface area contributed by atoms with Gasteiger partial charge in [-0.25, -0.2) is 8.42 Å². The molecule has 0 bridgehead atoms. The first-order valence-electron chi connectivity index (χ1n) is 10.1. The fraction of sp³-hybridized carbons (Fsp3) is 0.650. The van der Waals surface area contributed by atoms with Crippen LogP contribution in [0.4, 0.5) is 0 Å². The molecule has 1 saturated heterocycles. The summed E-state index contributed by atoms with van der Waals surface area (Å²) in [6, 6.07) is 6.50. The smallest absolute Gasteiger partial charge is 0.244 e. The van der Waals surface area contributed by atoms with Crippen LogP contribution in [0.1, 0.15) is 39.5 Å². The fourth-order valence-electron chi connectivity index (χ4n) is 4.12. The van der Waals surface area contributed by atoms with Gasteiger partial charge >= 0.3 is 0 Å². The van der Waals surface area contributed by atoms with Crippen LogP contribution in [0.3, 0.4) is 0 Å². The van der Waals surface area contributed by atoms with E-state index >= 15 is 0 Å². The quantitative estimate of drug-likeness (QED) is 0.784. The van der Waals surface area contributed by atoms with Crippen LogP contribution in [0.15, 0.2) is 29.2 Å². The molecule has 8 heteroatoms. The standard InChI is InChI=1S/C20H30ClN3O3S/c1-15-7-3-5-9-18(15)22-20(25)16(2)23-11-13-24(14-12-23)28(26,27)19-10-6-4-8-17(19)21/h4,6,8,10,15-16,18H,3,5,7,9,11-14H2,1-2H3,(H,22,25)/t15-,16-,18-/m1/s1. The molecule has 2 aliphatic rings. The van der Waals surface area contributed by atoms with Gasteiger partial charge in [-0.1, -0.05) is 43.5 Å². The molecule has 156 valence electrons. The van der Waals surface area contributed by atoms with Crippen molar-refractivity contribution >= 4 is 27.5 Å². The van der Waals surface area contributed by atoms with E-state index < -0.39 is 10.0 Å². The monoisotopic (exact) mass is 427 g/mol. The van der Waals surface area contributed by atoms with Crippen molar-refractivity contribution in [2.45, 2.75) is 56.5 Å². The molecule has 3 rings (SSSR count). The molecule has 0 radical (unpaired) electrons. The third kappa shape index (κ3) is 4.70. The second-order valence-electron chi connectivity index (χ2n) is 7.92. The normalized spacial score (nSPS) is 26.0. The van der Waals surface area contributed by atoms with Gasteiger partial charge in [-0.2, -0.15) is 4.31 Å². The summed E-state index contributed by atoms with van der Waals surface area (Å²) in [7, 11) is -3.62. The summed E-state index contributed by atoms with van der Waals surface area (Å²) in [5, 5.41) is 3.45. The molecule has 3 atom stereocenters. The molecule has 1 heterocycles. The number of halogens is 1. The first-order chi connectivity index (χ1) is 13.3. The van der Waals surface area contributed by atoms with Crippen molar-refractivity contribution in [3.8, 4) is 0 Å². The van der Waals surface area contributed by atoms with Crippen molar-refractivity contribution in [1.29, 1.82) is 0 Å². The summed E-state index contributed by atoms with van der Waals surface area (Å²) >= 11 is 6.08. The lowest BCUT2D eigenvalue weighted by molar-refractivity contribution is -0.127. The molecule has 1 aliphatic carbocycles. The van der Waals surface area contributed by atoms with Crippen LogP contribution in [0, 0.1) is 5.92 Å². The van der Waals surface area contributed by atoms with Crippen molar-refractivity contribution in [2.75, 3.05) is 26.2 Å². The van der Waals surface area contributed by atoms with Crippen LogP contribution >= 0.6 is 11.6 Å². The van der Waals surface area contributed by atoms with E-state index in [4.69, 9.17) is 11.6 Å². The zero-order chi connectivity index (χ0) is 20.3. The lowest BCUT2D eigenvalue weighted by Crippen LogP contribution is -2.56. The number of sulfonamides is 1. The molecule has 28 heavy (non-hydrogen) atoms. The summed E-state index contributed by atoms with van der Waals surface area (Å²) in [4.78, 5) is 14.9. The Kier molecular flexibility index (Phi) is 7.02. The average Bonchev–Trinajstić information content (AvgIpc) is 2.69. The van der Waals surface area contributed by atoms with Gasteiger partial charge < -0.3 is 5.32 Å². The number of nitrogens with one attached hydrogen (secondary N) is 1. The van der Waals surface area contributed by atoms with Gasteiger partial charge in [-0.05, 0) is 37.8 Å². The number of carbonyl (C=O) groups excluding carboxylic acids is 1. The molecule has 0 unspecified atom stereocenters. The van der Waals surface area contributed by atoms with E-state index in [9.17, 15) is 13.2 Å². The topological polar surface area (TPSA) is 69.7 Å². The van der Waals surface area contributed by atoms with E-state index in [0.29, 0.717) is 32.1 Å². The lowest BCUT2D eigenvalue weighted by Gasteiger charge is -2.38. The van der Waals surface area contributed by atoms with Gasteiger partial charge in [-0.3, -0.25) is 9.69 Å². The van der Waals surface area contributed by atoms with E-state index in [2.05, 4.69) is 17.1 Å². The van der Waals surface area contributed by atoms with Crippen LogP contribution in [-0.2, 0) is 14.8 Å². The van der Waals surface area contributed by atoms with Gasteiger partial charge in [0.15, 0.2) is 0 Å². The molecular weight excluding hydrogens is 398 g/mol. The molecule has 0 spiro atoms. The Hall–Kier alpha value is -1.15. The zero-order valence-electron chi connectivity index (χ0n) is 16.6. The maximum atomic E-state index is 12.9. The molecule has 1 aromatic carbocycles. The van der Waals surface area contributed by atoms with Crippen molar-refractivity contribution < 1.29 is 13.2 Å². The van der Waals surface area contributed by atoms with E-state index in [1.165, 1.54) is 23.2 Å². The number of piperazine rings is 1. The van der Waals surface area contributed by atoms with Crippen molar-refractivity contribution in [2.24, 2.45) is 5.92 Å². The van der Waals surface area contributed by atoms with E-state index in [1.54, 1.807) is 18.2 Å². The first kappa shape index (κ1) is 21.6. The molecule has 6 nitrogen and oxygen atoms in total. The Morgan fingerprint density at radius 1 is 1.14 bits per heavy atom. The maximum absolute atomic E-state index is 12.9. The Labute approximate surface area is 173 Å². The van der Waals surface area contributed by atoms with Gasteiger partial charge in [0.25, 0.3) is 0 Å². The van der Waals surface area contributed by atoms with Gasteiger partial charge in [-0.15, -0.1) is 0 Å². The molecule has 0 aromatic heterocycles. The molecule has 1 N–H and O–H groups in total. The predicted octanol–water partition coefficient (Wildman–Crippen LogP) is 2.73. The SMILES string of the molecule is C[C@@H]1CCCC[C@H]1NC(=O)[C@@H](C)N1CCN(S(=O)(=O)c2ccccc2Cl)CC1. The van der Waals surface area contributed by atoms with E-state index in [-0.39, 0.29) is 27.9 Å². The van der Waals surface area contributed by atoms with Crippen molar-refractivity contribution in [3.63, 3.8) is 0 Å². The van der Waals surface area contributed by atoms with Crippen molar-refractivity contribution in [3.05, 3.63) is 29.3 Å². The van der Waals surface area contributed by atoms with E-state index in [1.807, 2.05) is 6.92 Å². The van der Waals surface area contributed by atoms with Gasteiger partial charge in [0, 0.05) is 32.2 Å². The minimum absolute atomic E-state index is 0.0427. The number of hydrogen-bond acceptors (Lipinski definition) is 4. The van der Waals surface area contributed by atoms with Crippen LogP contribution in [0.2, 0.25) is 5.02 Å². The van der Waals surface area contributed by atoms with Crippen LogP contribution < -0.4 is 5.32 Å². The Morgan fingerprint density at radius 2 is 1.79 bits per heavy atom. The highest BCUT2D eigenvalue weighted by Gasteiger charge is 2.33. The molecular formula is C20H30ClN3O3S. The van der Waals surface area contributed by atoms with Gasteiger partial charge in [0.2, 0.25) is 15.9 Å². The van der Waals surface area contributed by atoms with E-state index in [0.717, 1.165) is 12.8 Å². The third-order valence-corrected chi connectivity index (χ3v) is 8.49. The van der Waals surface area contributed by atoms with Crippen molar-refractivity contribution in [1.82, 2.24) is 14.5 Å². The number of hydrogen-bond donors (Lipinski definition) is 1. The lowest BCUT2D eigenvalue weighted by atomic mass is 9.86. The highest BCUT2D eigenvalue weighted by molar-refractivity contribution is 7.89. The molecule has 1 aromatic rings. The summed E-state index contributed by atoms with van der Waals surface area (Å²) in [6.07, 6.45) is 4.62. The number of nitrogens with zero attached hydrogens (tertiary/aromatic N) is 2.